The molecule has 0 spiro atoms. The average molecular weight is 296 g/mol. The van der Waals surface area contributed by atoms with Crippen LogP contribution in [-0.2, 0) is 6.42 Å². The maximum Gasteiger partial charge on any atom is 0.169 e. The van der Waals surface area contributed by atoms with Gasteiger partial charge in [-0.25, -0.2) is 0 Å². The van der Waals surface area contributed by atoms with Crippen LogP contribution in [0.3, 0.4) is 0 Å². The summed E-state index contributed by atoms with van der Waals surface area (Å²) in [6, 6.07) is 7.42. The summed E-state index contributed by atoms with van der Waals surface area (Å²) in [4.78, 5) is 11.9. The van der Waals surface area contributed by atoms with Gasteiger partial charge in [-0.15, -0.1) is 0 Å². The number of Topliss-reactive ketones (excluding diaryl/α,β-unsaturated/α-hetero) is 1. The Balaban J connectivity index is 2.17. The lowest BCUT2D eigenvalue weighted by atomic mass is 10.1. The Labute approximate surface area is 106 Å². The molecular weight excluding hydrogens is 286 g/mol. The maximum absolute atomic E-state index is 11.9. The molecule has 0 saturated heterocycles. The summed E-state index contributed by atoms with van der Waals surface area (Å²) in [5.74, 6) is 0.110. The topological polar surface area (TPSA) is 43.1 Å². The lowest BCUT2D eigenvalue weighted by molar-refractivity contribution is 0.0993. The summed E-state index contributed by atoms with van der Waals surface area (Å²) in [7, 11) is 0. The molecule has 0 aliphatic heterocycles. The maximum atomic E-state index is 11.9. The smallest absolute Gasteiger partial charge is 0.169 e. The van der Waals surface area contributed by atoms with Crippen LogP contribution in [0.1, 0.15) is 15.9 Å². The molecule has 1 aromatic carbocycles. The van der Waals surface area contributed by atoms with Crippen molar-refractivity contribution in [1.29, 1.82) is 0 Å². The molecule has 82 valence electrons. The van der Waals surface area contributed by atoms with Gasteiger partial charge in [-0.1, -0.05) is 12.1 Å². The van der Waals surface area contributed by atoms with Crippen LogP contribution in [0.25, 0.3) is 0 Å². The Morgan fingerprint density at radius 1 is 1.38 bits per heavy atom. The van der Waals surface area contributed by atoms with Gasteiger partial charge < -0.3 is 5.73 Å². The van der Waals surface area contributed by atoms with Crippen molar-refractivity contribution < 1.29 is 4.79 Å². The Bertz CT molecular complexity index is 521. The number of hydrogen-bond donors (Lipinski definition) is 1. The molecule has 2 rings (SSSR count). The van der Waals surface area contributed by atoms with Crippen molar-refractivity contribution in [3.05, 3.63) is 50.6 Å². The lowest BCUT2D eigenvalue weighted by Gasteiger charge is -2.01. The summed E-state index contributed by atoms with van der Waals surface area (Å²) in [5, 5.41) is 3.77. The summed E-state index contributed by atoms with van der Waals surface area (Å²) < 4.78 is 0.867. The van der Waals surface area contributed by atoms with Gasteiger partial charge in [0.15, 0.2) is 5.78 Å². The molecule has 0 aliphatic rings. The van der Waals surface area contributed by atoms with Crippen LogP contribution in [0.4, 0.5) is 5.69 Å². The summed E-state index contributed by atoms with van der Waals surface area (Å²) in [6.45, 7) is 0. The molecule has 0 aliphatic carbocycles. The molecule has 2 N–H and O–H groups in total. The molecule has 0 saturated carbocycles. The predicted molar refractivity (Wildman–Crippen MR) is 70.9 cm³/mol. The van der Waals surface area contributed by atoms with Gasteiger partial charge in [0.25, 0.3) is 0 Å². The first-order chi connectivity index (χ1) is 7.66. The first-order valence-corrected chi connectivity index (χ1v) is 6.49. The SMILES string of the molecule is Nc1cccc(CC(=O)c2cscc2Br)c1. The minimum Gasteiger partial charge on any atom is -0.399 e. The van der Waals surface area contributed by atoms with Gasteiger partial charge in [-0.3, -0.25) is 4.79 Å². The number of rotatable bonds is 3. The highest BCUT2D eigenvalue weighted by Gasteiger charge is 2.11. The minimum atomic E-state index is 0.110. The van der Waals surface area contributed by atoms with Crippen molar-refractivity contribution in [3.8, 4) is 0 Å². The summed E-state index contributed by atoms with van der Waals surface area (Å²) in [5.41, 5.74) is 8.04. The Morgan fingerprint density at radius 3 is 2.81 bits per heavy atom. The first kappa shape index (κ1) is 11.4. The van der Waals surface area contributed by atoms with E-state index in [0.717, 1.165) is 15.6 Å². The molecule has 16 heavy (non-hydrogen) atoms. The Morgan fingerprint density at radius 2 is 2.19 bits per heavy atom. The fourth-order valence-corrected chi connectivity index (χ4v) is 2.98. The van der Waals surface area contributed by atoms with Crippen molar-refractivity contribution in [2.24, 2.45) is 0 Å². The molecule has 0 radical (unpaired) electrons. The van der Waals surface area contributed by atoms with E-state index >= 15 is 0 Å². The number of ketones is 1. The van der Waals surface area contributed by atoms with E-state index < -0.39 is 0 Å². The number of carbonyl (C=O) groups is 1. The third-order valence-electron chi connectivity index (χ3n) is 2.23. The number of benzene rings is 1. The van der Waals surface area contributed by atoms with Crippen molar-refractivity contribution >= 4 is 38.7 Å². The summed E-state index contributed by atoms with van der Waals surface area (Å²) >= 11 is 4.88. The molecule has 1 aromatic heterocycles. The fraction of sp³-hybridized carbons (Fsp3) is 0.0833. The zero-order chi connectivity index (χ0) is 11.5. The van der Waals surface area contributed by atoms with Crippen molar-refractivity contribution in [2.75, 3.05) is 5.73 Å². The van der Waals surface area contributed by atoms with Crippen LogP contribution in [0.5, 0.6) is 0 Å². The normalized spacial score (nSPS) is 10.3. The molecule has 1 heterocycles. The summed E-state index contributed by atoms with van der Waals surface area (Å²) in [6.07, 6.45) is 0.389. The monoisotopic (exact) mass is 295 g/mol. The third-order valence-corrected chi connectivity index (χ3v) is 3.93. The standard InChI is InChI=1S/C12H10BrNOS/c13-11-7-16-6-10(11)12(15)5-8-2-1-3-9(14)4-8/h1-4,6-7H,5,14H2. The van der Waals surface area contributed by atoms with Gasteiger partial charge in [0.1, 0.15) is 0 Å². The van der Waals surface area contributed by atoms with E-state index in [0.29, 0.717) is 12.1 Å². The van der Waals surface area contributed by atoms with E-state index in [-0.39, 0.29) is 5.78 Å². The van der Waals surface area contributed by atoms with Gasteiger partial charge in [0.2, 0.25) is 0 Å². The highest BCUT2D eigenvalue weighted by atomic mass is 79.9. The highest BCUT2D eigenvalue weighted by Crippen LogP contribution is 2.23. The molecule has 0 bridgehead atoms. The molecule has 4 heteroatoms. The van der Waals surface area contributed by atoms with E-state index in [2.05, 4.69) is 15.9 Å². The fourth-order valence-electron chi connectivity index (χ4n) is 1.46. The van der Waals surface area contributed by atoms with Gasteiger partial charge in [-0.05, 0) is 33.6 Å². The number of halogens is 1. The average Bonchev–Trinajstić information content (AvgIpc) is 2.64. The van der Waals surface area contributed by atoms with Crippen molar-refractivity contribution in [3.63, 3.8) is 0 Å². The van der Waals surface area contributed by atoms with Gasteiger partial charge in [0.05, 0.1) is 0 Å². The van der Waals surface area contributed by atoms with Crippen LogP contribution >= 0.6 is 27.3 Å². The van der Waals surface area contributed by atoms with E-state index in [4.69, 9.17) is 5.73 Å². The van der Waals surface area contributed by atoms with Crippen LogP contribution in [-0.4, -0.2) is 5.78 Å². The zero-order valence-electron chi connectivity index (χ0n) is 8.44. The number of carbonyl (C=O) groups excluding carboxylic acids is 1. The first-order valence-electron chi connectivity index (χ1n) is 4.76. The van der Waals surface area contributed by atoms with Gasteiger partial charge in [-0.2, -0.15) is 11.3 Å². The molecular formula is C12H10BrNOS. The van der Waals surface area contributed by atoms with Gasteiger partial charge >= 0.3 is 0 Å². The second kappa shape index (κ2) is 4.80. The Hall–Kier alpha value is -1.13. The third kappa shape index (κ3) is 2.51. The second-order valence-electron chi connectivity index (χ2n) is 3.48. The predicted octanol–water partition coefficient (Wildman–Crippen LogP) is 3.52. The molecule has 0 unspecified atom stereocenters. The second-order valence-corrected chi connectivity index (χ2v) is 5.08. The molecule has 0 fully saturated rings. The van der Waals surface area contributed by atoms with E-state index in [9.17, 15) is 4.79 Å². The molecule has 2 aromatic rings. The van der Waals surface area contributed by atoms with E-state index in [1.807, 2.05) is 35.0 Å². The molecule has 2 nitrogen and oxygen atoms in total. The quantitative estimate of drug-likeness (QED) is 0.695. The van der Waals surface area contributed by atoms with Crippen LogP contribution < -0.4 is 5.73 Å². The van der Waals surface area contributed by atoms with Crippen LogP contribution in [0.15, 0.2) is 39.5 Å². The number of hydrogen-bond acceptors (Lipinski definition) is 3. The number of nitrogens with two attached hydrogens (primary N) is 1. The number of anilines is 1. The van der Waals surface area contributed by atoms with E-state index in [1.165, 1.54) is 11.3 Å². The van der Waals surface area contributed by atoms with E-state index in [1.54, 1.807) is 0 Å². The van der Waals surface area contributed by atoms with Crippen molar-refractivity contribution in [2.45, 2.75) is 6.42 Å². The van der Waals surface area contributed by atoms with Gasteiger partial charge in [0, 0.05) is 32.9 Å². The molecule has 0 atom stereocenters. The Kier molecular flexibility index (Phi) is 3.41. The minimum absolute atomic E-state index is 0.110. The zero-order valence-corrected chi connectivity index (χ0v) is 10.8. The lowest BCUT2D eigenvalue weighted by Crippen LogP contribution is -2.03. The number of nitrogen functional groups attached to an aromatic ring is 1. The number of thiophene rings is 1. The van der Waals surface area contributed by atoms with Crippen LogP contribution in [0.2, 0.25) is 0 Å². The van der Waals surface area contributed by atoms with Crippen LogP contribution in [0, 0.1) is 0 Å². The highest BCUT2D eigenvalue weighted by molar-refractivity contribution is 9.10. The largest absolute Gasteiger partial charge is 0.399 e. The molecule has 0 amide bonds. The van der Waals surface area contributed by atoms with Crippen molar-refractivity contribution in [1.82, 2.24) is 0 Å².